The van der Waals surface area contributed by atoms with E-state index < -0.39 is 17.7 Å². The molecule has 2 aromatic rings. The van der Waals surface area contributed by atoms with E-state index in [0.29, 0.717) is 29.9 Å². The SMILES string of the molecule is O=C(Cc1ccc(F)cc1)C[C@@H]1C(=O)N(CCO)C[C@H]1c1cc2c(cc1F)OCC2. The molecule has 2 atom stereocenters. The van der Waals surface area contributed by atoms with E-state index in [0.717, 1.165) is 5.56 Å². The number of nitrogens with zero attached hydrogens (tertiary/aromatic N) is 1. The van der Waals surface area contributed by atoms with Crippen LogP contribution in [0.5, 0.6) is 5.75 Å². The minimum Gasteiger partial charge on any atom is -0.493 e. The summed E-state index contributed by atoms with van der Waals surface area (Å²) in [5.74, 6) is -1.90. The number of halogens is 2. The molecule has 158 valence electrons. The van der Waals surface area contributed by atoms with Crippen LogP contribution in [-0.4, -0.2) is 48.0 Å². The molecular formula is C23H23F2NO4. The minimum absolute atomic E-state index is 0.0319. The Kier molecular flexibility index (Phi) is 5.81. The summed E-state index contributed by atoms with van der Waals surface area (Å²) in [6, 6.07) is 8.76. The van der Waals surface area contributed by atoms with Gasteiger partial charge in [-0.3, -0.25) is 9.59 Å². The molecule has 0 aliphatic carbocycles. The Morgan fingerprint density at radius 1 is 1.20 bits per heavy atom. The zero-order chi connectivity index (χ0) is 21.3. The second-order valence-electron chi connectivity index (χ2n) is 7.85. The topological polar surface area (TPSA) is 66.8 Å². The van der Waals surface area contributed by atoms with Crippen molar-refractivity contribution >= 4 is 11.7 Å². The number of ether oxygens (including phenoxy) is 1. The van der Waals surface area contributed by atoms with E-state index in [4.69, 9.17) is 4.74 Å². The summed E-state index contributed by atoms with van der Waals surface area (Å²) in [6.07, 6.45) is 0.727. The van der Waals surface area contributed by atoms with Gasteiger partial charge >= 0.3 is 0 Å². The number of fused-ring (bicyclic) bond motifs is 1. The lowest BCUT2D eigenvalue weighted by atomic mass is 9.83. The van der Waals surface area contributed by atoms with Crippen molar-refractivity contribution in [3.05, 3.63) is 64.7 Å². The van der Waals surface area contributed by atoms with E-state index in [9.17, 15) is 23.5 Å². The van der Waals surface area contributed by atoms with E-state index in [1.165, 1.54) is 23.1 Å². The number of likely N-dealkylation sites (tertiary alicyclic amines) is 1. The number of ketones is 1. The van der Waals surface area contributed by atoms with Crippen molar-refractivity contribution in [2.45, 2.75) is 25.2 Å². The number of carbonyl (C=O) groups excluding carboxylic acids is 2. The van der Waals surface area contributed by atoms with Gasteiger partial charge in [-0.1, -0.05) is 12.1 Å². The number of hydrogen-bond donors (Lipinski definition) is 1. The van der Waals surface area contributed by atoms with Gasteiger partial charge in [0.2, 0.25) is 5.91 Å². The normalized spacial score (nSPS) is 20.4. The van der Waals surface area contributed by atoms with E-state index >= 15 is 0 Å². The van der Waals surface area contributed by atoms with Crippen molar-refractivity contribution in [1.29, 1.82) is 0 Å². The number of amides is 1. The number of benzene rings is 2. The smallest absolute Gasteiger partial charge is 0.226 e. The van der Waals surface area contributed by atoms with Crippen LogP contribution in [-0.2, 0) is 22.4 Å². The van der Waals surface area contributed by atoms with Gasteiger partial charge in [0.25, 0.3) is 0 Å². The Morgan fingerprint density at radius 3 is 2.70 bits per heavy atom. The molecule has 0 spiro atoms. The summed E-state index contributed by atoms with van der Waals surface area (Å²) < 4.78 is 33.4. The molecular weight excluding hydrogens is 392 g/mol. The van der Waals surface area contributed by atoms with E-state index in [-0.39, 0.29) is 50.0 Å². The second-order valence-corrected chi connectivity index (χ2v) is 7.85. The van der Waals surface area contributed by atoms with Gasteiger partial charge in [-0.05, 0) is 34.9 Å². The number of Topliss-reactive ketones (excluding diaryl/α,β-unsaturated/α-hetero) is 1. The maximum absolute atomic E-state index is 14.9. The molecule has 0 bridgehead atoms. The van der Waals surface area contributed by atoms with E-state index in [1.54, 1.807) is 18.2 Å². The fourth-order valence-corrected chi connectivity index (χ4v) is 4.38. The fourth-order valence-electron chi connectivity index (χ4n) is 4.38. The Bertz CT molecular complexity index is 960. The number of aliphatic hydroxyl groups excluding tert-OH is 1. The first-order valence-electron chi connectivity index (χ1n) is 10.1. The first kappa shape index (κ1) is 20.5. The summed E-state index contributed by atoms with van der Waals surface area (Å²) in [6.45, 7) is 0.700. The Labute approximate surface area is 173 Å². The van der Waals surface area contributed by atoms with Crippen LogP contribution in [0.1, 0.15) is 29.0 Å². The highest BCUT2D eigenvalue weighted by atomic mass is 19.1. The van der Waals surface area contributed by atoms with Gasteiger partial charge in [0.1, 0.15) is 23.2 Å². The van der Waals surface area contributed by atoms with Gasteiger partial charge in [-0.15, -0.1) is 0 Å². The zero-order valence-electron chi connectivity index (χ0n) is 16.4. The van der Waals surface area contributed by atoms with Crippen molar-refractivity contribution in [2.75, 3.05) is 26.3 Å². The van der Waals surface area contributed by atoms with E-state index in [2.05, 4.69) is 0 Å². The van der Waals surface area contributed by atoms with Crippen LogP contribution in [0.3, 0.4) is 0 Å². The highest BCUT2D eigenvalue weighted by Crippen LogP contribution is 2.40. The van der Waals surface area contributed by atoms with Crippen molar-refractivity contribution in [3.63, 3.8) is 0 Å². The third-order valence-electron chi connectivity index (χ3n) is 5.87. The van der Waals surface area contributed by atoms with Crippen LogP contribution < -0.4 is 4.74 Å². The summed E-state index contributed by atoms with van der Waals surface area (Å²) in [5, 5.41) is 9.29. The van der Waals surface area contributed by atoms with Gasteiger partial charge in [0.15, 0.2) is 0 Å². The second kappa shape index (κ2) is 8.52. The molecule has 0 saturated carbocycles. The molecule has 5 nitrogen and oxygen atoms in total. The molecule has 0 aromatic heterocycles. The van der Waals surface area contributed by atoms with Crippen LogP contribution in [0, 0.1) is 17.6 Å². The molecule has 2 aliphatic rings. The number of β-amino-alcohol motifs (C(OH)–C–C–N with tert-alkyl or cyclic N) is 1. The standard InChI is InChI=1S/C23H23F2NO4/c24-16-3-1-14(2-4-16)9-17(28)11-19-20(13-26(6-7-27)23(19)29)18-10-15-5-8-30-22(15)12-21(18)25/h1-4,10,12,19-20,27H,5-9,11,13H2/t19-,20-/m0/s1. The Balaban J connectivity index is 1.57. The van der Waals surface area contributed by atoms with Crippen molar-refractivity contribution in [3.8, 4) is 5.75 Å². The van der Waals surface area contributed by atoms with Crippen molar-refractivity contribution in [2.24, 2.45) is 5.92 Å². The van der Waals surface area contributed by atoms with Crippen LogP contribution in [0.4, 0.5) is 8.78 Å². The van der Waals surface area contributed by atoms with Crippen molar-refractivity contribution in [1.82, 2.24) is 4.90 Å². The molecule has 30 heavy (non-hydrogen) atoms. The number of carbonyl (C=O) groups is 2. The molecule has 4 rings (SSSR count). The summed E-state index contributed by atoms with van der Waals surface area (Å²) in [4.78, 5) is 27.1. The summed E-state index contributed by atoms with van der Waals surface area (Å²) >= 11 is 0. The van der Waals surface area contributed by atoms with Gasteiger partial charge in [-0.25, -0.2) is 8.78 Å². The molecule has 2 heterocycles. The van der Waals surface area contributed by atoms with Gasteiger partial charge in [0.05, 0.1) is 19.1 Å². The first-order valence-corrected chi connectivity index (χ1v) is 10.1. The quantitative estimate of drug-likeness (QED) is 0.755. The molecule has 7 heteroatoms. The molecule has 0 unspecified atom stereocenters. The van der Waals surface area contributed by atoms with Crippen LogP contribution in [0.15, 0.2) is 36.4 Å². The minimum atomic E-state index is -0.695. The molecule has 1 fully saturated rings. The lowest BCUT2D eigenvalue weighted by Gasteiger charge is -2.18. The average molecular weight is 415 g/mol. The summed E-state index contributed by atoms with van der Waals surface area (Å²) in [7, 11) is 0. The van der Waals surface area contributed by atoms with Gasteiger partial charge in [0, 0.05) is 44.3 Å². The molecule has 1 N–H and O–H groups in total. The molecule has 1 saturated heterocycles. The average Bonchev–Trinajstić information content (AvgIpc) is 3.28. The zero-order valence-corrected chi connectivity index (χ0v) is 16.4. The fraction of sp³-hybridized carbons (Fsp3) is 0.391. The van der Waals surface area contributed by atoms with Gasteiger partial charge in [-0.2, -0.15) is 0 Å². The first-order chi connectivity index (χ1) is 14.5. The summed E-state index contributed by atoms with van der Waals surface area (Å²) in [5.41, 5.74) is 1.97. The van der Waals surface area contributed by atoms with Gasteiger partial charge < -0.3 is 14.7 Å². The largest absolute Gasteiger partial charge is 0.493 e. The Hall–Kier alpha value is -2.80. The number of aliphatic hydroxyl groups is 1. The van der Waals surface area contributed by atoms with E-state index in [1.807, 2.05) is 0 Å². The van der Waals surface area contributed by atoms with Crippen LogP contribution in [0.2, 0.25) is 0 Å². The number of hydrogen-bond acceptors (Lipinski definition) is 4. The lowest BCUT2D eigenvalue weighted by molar-refractivity contribution is -0.134. The molecule has 0 radical (unpaired) electrons. The monoisotopic (exact) mass is 415 g/mol. The van der Waals surface area contributed by atoms with Crippen molar-refractivity contribution < 1.29 is 28.2 Å². The molecule has 1 amide bonds. The third-order valence-corrected chi connectivity index (χ3v) is 5.87. The Morgan fingerprint density at radius 2 is 1.97 bits per heavy atom. The van der Waals surface area contributed by atoms with Crippen LogP contribution >= 0.6 is 0 Å². The molecule has 2 aliphatic heterocycles. The third kappa shape index (κ3) is 4.07. The van der Waals surface area contributed by atoms with Crippen LogP contribution in [0.25, 0.3) is 0 Å². The predicted molar refractivity (Wildman–Crippen MR) is 105 cm³/mol. The lowest BCUT2D eigenvalue weighted by Crippen LogP contribution is -2.30. The maximum Gasteiger partial charge on any atom is 0.226 e. The highest BCUT2D eigenvalue weighted by molar-refractivity contribution is 5.90. The highest BCUT2D eigenvalue weighted by Gasteiger charge is 2.43. The predicted octanol–water partition coefficient (Wildman–Crippen LogP) is 2.64. The molecule has 2 aromatic carbocycles. The number of rotatable bonds is 7. The maximum atomic E-state index is 14.9.